The van der Waals surface area contributed by atoms with Crippen molar-refractivity contribution in [2.24, 2.45) is 0 Å². The number of benzene rings is 1. The Morgan fingerprint density at radius 3 is 2.00 bits per heavy atom. The number of rotatable bonds is 1. The first kappa shape index (κ1) is 9.12. The van der Waals surface area contributed by atoms with Crippen molar-refractivity contribution in [2.75, 3.05) is 0 Å². The van der Waals surface area contributed by atoms with E-state index in [9.17, 15) is 13.2 Å². The van der Waals surface area contributed by atoms with Crippen LogP contribution in [0.5, 0.6) is 0 Å². The van der Waals surface area contributed by atoms with Gasteiger partial charge in [-0.1, -0.05) is 30.3 Å². The summed E-state index contributed by atoms with van der Waals surface area (Å²) in [4.78, 5) is 0. The minimum absolute atomic E-state index is 0.0411. The van der Waals surface area contributed by atoms with Gasteiger partial charge in [-0.25, -0.2) is 13.2 Å². The van der Waals surface area contributed by atoms with E-state index in [2.05, 4.69) is 0 Å². The molecule has 1 radical (unpaired) electrons. The summed E-state index contributed by atoms with van der Waals surface area (Å²) in [6.07, 6.45) is 0. The van der Waals surface area contributed by atoms with Gasteiger partial charge in [0.15, 0.2) is 11.7 Å². The molecule has 0 N–H and O–H groups in total. The molecule has 0 nitrogen and oxygen atoms in total. The van der Waals surface area contributed by atoms with E-state index in [-0.39, 0.29) is 5.47 Å². The Bertz CT molecular complexity index is 420. The van der Waals surface area contributed by atoms with Gasteiger partial charge < -0.3 is 0 Å². The van der Waals surface area contributed by atoms with Gasteiger partial charge in [0, 0.05) is 0 Å². The lowest BCUT2D eigenvalue weighted by Gasteiger charge is -2.00. The normalized spacial score (nSPS) is 16.2. The van der Waals surface area contributed by atoms with Crippen molar-refractivity contribution in [3.8, 4) is 0 Å². The van der Waals surface area contributed by atoms with Crippen LogP contribution in [0.1, 0.15) is 5.56 Å². The lowest BCUT2D eigenvalue weighted by molar-refractivity contribution is 0.520. The Kier molecular flexibility index (Phi) is 2.19. The standard InChI is InChI=1S/C10H5BF3/c12-8-7(11-10(14)9(8)13)6-4-2-1-3-5-6/h1-5H. The van der Waals surface area contributed by atoms with Crippen LogP contribution in [0.2, 0.25) is 0 Å². The minimum atomic E-state index is -1.41. The molecule has 1 aliphatic rings. The Morgan fingerprint density at radius 1 is 0.857 bits per heavy atom. The molecule has 2 rings (SSSR count). The van der Waals surface area contributed by atoms with Crippen molar-refractivity contribution in [1.29, 1.82) is 0 Å². The van der Waals surface area contributed by atoms with Crippen molar-refractivity contribution >= 4 is 12.8 Å². The monoisotopic (exact) mass is 193 g/mol. The molecule has 0 spiro atoms. The molecule has 14 heavy (non-hydrogen) atoms. The third-order valence-corrected chi connectivity index (χ3v) is 1.99. The number of allylic oxidation sites excluding steroid dienone is 2. The van der Waals surface area contributed by atoms with E-state index in [4.69, 9.17) is 0 Å². The van der Waals surface area contributed by atoms with Gasteiger partial charge in [-0.2, -0.15) is 0 Å². The quantitative estimate of drug-likeness (QED) is 0.600. The van der Waals surface area contributed by atoms with Crippen LogP contribution in [0.3, 0.4) is 0 Å². The van der Waals surface area contributed by atoms with Gasteiger partial charge >= 0.3 is 0 Å². The van der Waals surface area contributed by atoms with E-state index >= 15 is 0 Å². The molecule has 0 aromatic heterocycles. The maximum atomic E-state index is 13.1. The SMILES string of the molecule is FC1=C(F)C(F)=C(c2ccccc2)[B]1. The van der Waals surface area contributed by atoms with Gasteiger partial charge in [0.05, 0.1) is 5.73 Å². The largest absolute Gasteiger partial charge is 0.240 e. The summed E-state index contributed by atoms with van der Waals surface area (Å²) in [5.74, 6) is -2.54. The minimum Gasteiger partial charge on any atom is -0.220 e. The van der Waals surface area contributed by atoms with Crippen LogP contribution in [0.4, 0.5) is 13.2 Å². The van der Waals surface area contributed by atoms with Gasteiger partial charge in [-0.15, -0.1) is 0 Å². The first-order valence-corrected chi connectivity index (χ1v) is 4.05. The fourth-order valence-corrected chi connectivity index (χ4v) is 1.30. The first-order valence-electron chi connectivity index (χ1n) is 4.05. The molecule has 1 heterocycles. The second-order valence-electron chi connectivity index (χ2n) is 2.90. The highest BCUT2D eigenvalue weighted by Crippen LogP contribution is 2.34. The predicted molar refractivity (Wildman–Crippen MR) is 49.5 cm³/mol. The average Bonchev–Trinajstić information content (AvgIpc) is 2.47. The smallest absolute Gasteiger partial charge is 0.220 e. The molecule has 0 saturated carbocycles. The zero-order chi connectivity index (χ0) is 10.1. The first-order chi connectivity index (χ1) is 6.70. The van der Waals surface area contributed by atoms with Gasteiger partial charge in [-0.3, -0.25) is 0 Å². The summed E-state index contributed by atoms with van der Waals surface area (Å²) in [6, 6.07) is 8.29. The summed E-state index contributed by atoms with van der Waals surface area (Å²) < 4.78 is 38.5. The molecule has 1 aliphatic heterocycles. The van der Waals surface area contributed by atoms with E-state index < -0.39 is 17.4 Å². The van der Waals surface area contributed by atoms with Crippen molar-refractivity contribution in [2.45, 2.75) is 0 Å². The van der Waals surface area contributed by atoms with E-state index in [0.29, 0.717) is 5.56 Å². The highest BCUT2D eigenvalue weighted by Gasteiger charge is 2.27. The van der Waals surface area contributed by atoms with Gasteiger partial charge in [-0.05, 0) is 11.0 Å². The van der Waals surface area contributed by atoms with E-state index in [1.165, 1.54) is 0 Å². The molecular weight excluding hydrogens is 188 g/mol. The molecule has 0 fully saturated rings. The van der Waals surface area contributed by atoms with Crippen LogP contribution in [0.25, 0.3) is 5.47 Å². The number of halogens is 3. The molecule has 1 aromatic carbocycles. The summed E-state index contributed by atoms with van der Waals surface area (Å²) in [5, 5.41) is 0. The van der Waals surface area contributed by atoms with Crippen molar-refractivity contribution < 1.29 is 13.2 Å². The molecule has 4 heteroatoms. The van der Waals surface area contributed by atoms with Crippen LogP contribution in [0, 0.1) is 0 Å². The van der Waals surface area contributed by atoms with Gasteiger partial charge in [0.1, 0.15) is 0 Å². The van der Waals surface area contributed by atoms with Crippen molar-refractivity contribution in [3.05, 3.63) is 53.3 Å². The lowest BCUT2D eigenvalue weighted by Crippen LogP contribution is -1.92. The number of hydrogen-bond donors (Lipinski definition) is 0. The van der Waals surface area contributed by atoms with Crippen molar-refractivity contribution in [3.63, 3.8) is 0 Å². The van der Waals surface area contributed by atoms with Crippen LogP contribution in [-0.2, 0) is 0 Å². The molecule has 0 aliphatic carbocycles. The maximum absolute atomic E-state index is 13.1. The zero-order valence-electron chi connectivity index (χ0n) is 7.10. The average molecular weight is 193 g/mol. The lowest BCUT2D eigenvalue weighted by atomic mass is 9.68. The second kappa shape index (κ2) is 3.37. The summed E-state index contributed by atoms with van der Waals surface area (Å²) in [7, 11) is 0.861. The topological polar surface area (TPSA) is 0 Å². The van der Waals surface area contributed by atoms with Crippen molar-refractivity contribution in [1.82, 2.24) is 0 Å². The van der Waals surface area contributed by atoms with Crippen LogP contribution in [-0.4, -0.2) is 7.28 Å². The Hall–Kier alpha value is -1.45. The maximum Gasteiger partial charge on any atom is 0.240 e. The third kappa shape index (κ3) is 1.37. The van der Waals surface area contributed by atoms with E-state index in [0.717, 1.165) is 7.28 Å². The van der Waals surface area contributed by atoms with Crippen LogP contribution in [0.15, 0.2) is 47.7 Å². The Labute approximate surface area is 80.0 Å². The highest BCUT2D eigenvalue weighted by molar-refractivity contribution is 6.69. The molecule has 0 unspecified atom stereocenters. The summed E-state index contributed by atoms with van der Waals surface area (Å²) in [5.41, 5.74) is -0.727. The molecule has 1 aromatic rings. The van der Waals surface area contributed by atoms with Crippen LogP contribution >= 0.6 is 0 Å². The Morgan fingerprint density at radius 2 is 1.50 bits per heavy atom. The number of hydrogen-bond acceptors (Lipinski definition) is 0. The molecule has 0 bridgehead atoms. The fourth-order valence-electron chi connectivity index (χ4n) is 1.30. The fraction of sp³-hybridized carbons (Fsp3) is 0. The summed E-state index contributed by atoms with van der Waals surface area (Å²) in [6.45, 7) is 0. The van der Waals surface area contributed by atoms with E-state index in [1.54, 1.807) is 30.3 Å². The van der Waals surface area contributed by atoms with Crippen LogP contribution < -0.4 is 0 Å². The van der Waals surface area contributed by atoms with Gasteiger partial charge in [0.25, 0.3) is 0 Å². The molecule has 0 atom stereocenters. The Balaban J connectivity index is 2.42. The predicted octanol–water partition coefficient (Wildman–Crippen LogP) is 3.15. The summed E-state index contributed by atoms with van der Waals surface area (Å²) >= 11 is 0. The third-order valence-electron chi connectivity index (χ3n) is 1.99. The molecular formula is C10H5BF3. The zero-order valence-corrected chi connectivity index (χ0v) is 7.10. The molecule has 69 valence electrons. The van der Waals surface area contributed by atoms with Gasteiger partial charge in [0.2, 0.25) is 7.28 Å². The second-order valence-corrected chi connectivity index (χ2v) is 2.90. The molecule has 0 amide bonds. The van der Waals surface area contributed by atoms with E-state index in [1.807, 2.05) is 0 Å². The molecule has 0 saturated heterocycles. The highest BCUT2D eigenvalue weighted by atomic mass is 19.2.